The zero-order chi connectivity index (χ0) is 25.2. The van der Waals surface area contributed by atoms with Crippen LogP contribution >= 0.6 is 0 Å². The van der Waals surface area contributed by atoms with Crippen LogP contribution in [0.4, 0.5) is 11.4 Å². The molecule has 0 unspecified atom stereocenters. The first-order valence-corrected chi connectivity index (χ1v) is 12.5. The molecule has 0 radical (unpaired) electrons. The average molecular weight is 480 g/mol. The topological polar surface area (TPSA) is 104 Å². The predicted molar refractivity (Wildman–Crippen MR) is 133 cm³/mol. The molecule has 0 bridgehead atoms. The maximum Gasteiger partial charge on any atom is 0.317 e. The van der Waals surface area contributed by atoms with Crippen molar-refractivity contribution < 1.29 is 19.6 Å². The van der Waals surface area contributed by atoms with Gasteiger partial charge in [-0.2, -0.15) is 0 Å². The molecule has 1 N–H and O–H groups in total. The van der Waals surface area contributed by atoms with E-state index in [2.05, 4.69) is 18.7 Å². The number of likely N-dealkylation sites (tertiary alicyclic amines) is 1. The number of carbonyl (C=O) groups excluding carboxylic acids is 1. The van der Waals surface area contributed by atoms with Gasteiger partial charge < -0.3 is 14.9 Å². The first-order chi connectivity index (χ1) is 16.8. The lowest BCUT2D eigenvalue weighted by Crippen LogP contribution is -2.46. The molecule has 8 heteroatoms. The van der Waals surface area contributed by atoms with Gasteiger partial charge in [-0.3, -0.25) is 19.7 Å². The van der Waals surface area contributed by atoms with Crippen LogP contribution in [0, 0.1) is 10.1 Å². The summed E-state index contributed by atoms with van der Waals surface area (Å²) >= 11 is 0. The van der Waals surface area contributed by atoms with E-state index >= 15 is 0 Å². The van der Waals surface area contributed by atoms with Crippen LogP contribution in [0.1, 0.15) is 69.5 Å². The summed E-state index contributed by atoms with van der Waals surface area (Å²) < 4.78 is 0. The zero-order valence-electron chi connectivity index (χ0n) is 20.4. The van der Waals surface area contributed by atoms with Crippen LogP contribution in [0.25, 0.3) is 0 Å². The molecule has 0 aromatic heterocycles. The Kier molecular flexibility index (Phi) is 7.10. The number of hydrogen-bond donors (Lipinski definition) is 1. The van der Waals surface area contributed by atoms with Crippen molar-refractivity contribution in [3.8, 4) is 0 Å². The van der Waals surface area contributed by atoms with Gasteiger partial charge in [0.1, 0.15) is 5.41 Å². The number of nitro groups is 1. The van der Waals surface area contributed by atoms with E-state index < -0.39 is 22.3 Å². The van der Waals surface area contributed by atoms with Crippen molar-refractivity contribution in [1.82, 2.24) is 4.90 Å². The second-order valence-corrected chi connectivity index (χ2v) is 9.52. The summed E-state index contributed by atoms with van der Waals surface area (Å²) in [6, 6.07) is 12.8. The molecule has 1 saturated carbocycles. The SMILES string of the molecule is CCN(CC)c1ccc([C@H]2N(C3CCCCC3)C(=O)C[C@@]2(C(=O)O)c2ccc([N+](=O)[O-])cc2)cc1. The minimum Gasteiger partial charge on any atom is -0.480 e. The number of anilines is 1. The number of nitro benzene ring substituents is 1. The van der Waals surface area contributed by atoms with Crippen molar-refractivity contribution in [3.63, 3.8) is 0 Å². The summed E-state index contributed by atoms with van der Waals surface area (Å²) in [5, 5.41) is 21.9. The lowest BCUT2D eigenvalue weighted by atomic mass is 9.71. The molecule has 0 spiro atoms. The molecule has 4 rings (SSSR count). The lowest BCUT2D eigenvalue weighted by Gasteiger charge is -2.40. The summed E-state index contributed by atoms with van der Waals surface area (Å²) in [4.78, 5) is 41.3. The third-order valence-electron chi connectivity index (χ3n) is 7.74. The number of carboxylic acid groups (broad SMARTS) is 1. The van der Waals surface area contributed by atoms with E-state index in [1.54, 1.807) is 0 Å². The van der Waals surface area contributed by atoms with Gasteiger partial charge in [0, 0.05) is 43.4 Å². The van der Waals surface area contributed by atoms with Gasteiger partial charge in [-0.25, -0.2) is 0 Å². The van der Waals surface area contributed by atoms with E-state index in [1.165, 1.54) is 24.3 Å². The largest absolute Gasteiger partial charge is 0.480 e. The van der Waals surface area contributed by atoms with E-state index in [-0.39, 0.29) is 24.1 Å². The molecule has 2 fully saturated rings. The van der Waals surface area contributed by atoms with Crippen molar-refractivity contribution in [3.05, 3.63) is 69.8 Å². The Morgan fingerprint density at radius 2 is 1.66 bits per heavy atom. The number of non-ortho nitro benzene ring substituents is 1. The summed E-state index contributed by atoms with van der Waals surface area (Å²) in [5.74, 6) is -1.26. The number of carbonyl (C=O) groups is 2. The Morgan fingerprint density at radius 3 is 2.17 bits per heavy atom. The quantitative estimate of drug-likeness (QED) is 0.419. The van der Waals surface area contributed by atoms with Gasteiger partial charge in [0.25, 0.3) is 5.69 Å². The van der Waals surface area contributed by atoms with E-state index in [0.717, 1.165) is 56.4 Å². The first-order valence-electron chi connectivity index (χ1n) is 12.5. The van der Waals surface area contributed by atoms with Crippen LogP contribution in [0.3, 0.4) is 0 Å². The maximum absolute atomic E-state index is 13.5. The number of hydrogen-bond acceptors (Lipinski definition) is 5. The zero-order valence-corrected chi connectivity index (χ0v) is 20.4. The van der Waals surface area contributed by atoms with Gasteiger partial charge in [0.15, 0.2) is 0 Å². The molecular formula is C27H33N3O5. The Hall–Kier alpha value is -3.42. The minimum atomic E-state index is -1.53. The van der Waals surface area contributed by atoms with Gasteiger partial charge in [-0.15, -0.1) is 0 Å². The first kappa shape index (κ1) is 24.7. The van der Waals surface area contributed by atoms with E-state index in [1.807, 2.05) is 29.2 Å². The molecule has 186 valence electrons. The van der Waals surface area contributed by atoms with E-state index in [9.17, 15) is 24.8 Å². The second kappa shape index (κ2) is 10.1. The van der Waals surface area contributed by atoms with Gasteiger partial charge in [-0.05, 0) is 49.9 Å². The number of rotatable bonds is 8. The monoisotopic (exact) mass is 479 g/mol. The summed E-state index contributed by atoms with van der Waals surface area (Å²) in [5.41, 5.74) is 0.602. The molecule has 2 aromatic carbocycles. The molecule has 1 aliphatic heterocycles. The summed E-state index contributed by atoms with van der Waals surface area (Å²) in [7, 11) is 0. The van der Waals surface area contributed by atoms with Gasteiger partial charge in [-0.1, -0.05) is 43.5 Å². The number of carboxylic acids is 1. The predicted octanol–water partition coefficient (Wildman–Crippen LogP) is 5.07. The minimum absolute atomic E-state index is 0.0111. The highest BCUT2D eigenvalue weighted by atomic mass is 16.6. The lowest BCUT2D eigenvalue weighted by molar-refractivity contribution is -0.384. The molecule has 2 atom stereocenters. The third kappa shape index (κ3) is 4.37. The highest BCUT2D eigenvalue weighted by Crippen LogP contribution is 2.52. The van der Waals surface area contributed by atoms with Crippen molar-refractivity contribution in [1.29, 1.82) is 0 Å². The maximum atomic E-state index is 13.5. The van der Waals surface area contributed by atoms with Crippen LogP contribution in [-0.2, 0) is 15.0 Å². The Morgan fingerprint density at radius 1 is 1.06 bits per heavy atom. The third-order valence-corrected chi connectivity index (χ3v) is 7.74. The second-order valence-electron chi connectivity index (χ2n) is 9.52. The number of aliphatic carboxylic acids is 1. The van der Waals surface area contributed by atoms with Gasteiger partial charge in [0.05, 0.1) is 11.0 Å². The average Bonchev–Trinajstić information content (AvgIpc) is 3.20. The van der Waals surface area contributed by atoms with E-state index in [4.69, 9.17) is 0 Å². The van der Waals surface area contributed by atoms with Crippen LogP contribution in [0.2, 0.25) is 0 Å². The molecule has 1 aliphatic carbocycles. The highest BCUT2D eigenvalue weighted by molar-refractivity contribution is 5.95. The Labute approximate surface area is 205 Å². The van der Waals surface area contributed by atoms with Crippen molar-refractivity contribution in [2.24, 2.45) is 0 Å². The Bertz CT molecular complexity index is 1080. The fourth-order valence-corrected chi connectivity index (χ4v) is 5.94. The fraction of sp³-hybridized carbons (Fsp3) is 0.481. The van der Waals surface area contributed by atoms with Gasteiger partial charge >= 0.3 is 5.97 Å². The molecule has 35 heavy (non-hydrogen) atoms. The number of nitrogens with zero attached hydrogens (tertiary/aromatic N) is 3. The Balaban J connectivity index is 1.85. The smallest absolute Gasteiger partial charge is 0.317 e. The van der Waals surface area contributed by atoms with Crippen molar-refractivity contribution in [2.75, 3.05) is 18.0 Å². The highest BCUT2D eigenvalue weighted by Gasteiger charge is 2.60. The molecule has 2 aromatic rings. The molecule has 1 saturated heterocycles. The molecule has 8 nitrogen and oxygen atoms in total. The van der Waals surface area contributed by atoms with Gasteiger partial charge in [0.2, 0.25) is 5.91 Å². The standard InChI is InChI=1S/C27H33N3O5/c1-3-28(4-2)21-14-10-19(11-15-21)25-27(26(32)33,20-12-16-23(17-13-20)30(34)35)18-24(31)29(25)22-8-6-5-7-9-22/h10-17,22,25H,3-9,18H2,1-2H3,(H,32,33)/t25-,27-/m1/s1. The summed E-state index contributed by atoms with van der Waals surface area (Å²) in [6.45, 7) is 5.88. The van der Waals surface area contributed by atoms with Crippen LogP contribution in [0.5, 0.6) is 0 Å². The fourth-order valence-electron chi connectivity index (χ4n) is 5.94. The van der Waals surface area contributed by atoms with Crippen molar-refractivity contribution in [2.45, 2.75) is 69.9 Å². The number of amides is 1. The number of benzene rings is 2. The van der Waals surface area contributed by atoms with E-state index in [0.29, 0.717) is 5.56 Å². The summed E-state index contributed by atoms with van der Waals surface area (Å²) in [6.07, 6.45) is 4.69. The van der Waals surface area contributed by atoms with Crippen LogP contribution < -0.4 is 4.90 Å². The molecular weight excluding hydrogens is 446 g/mol. The normalized spacial score (nSPS) is 22.9. The van der Waals surface area contributed by atoms with Crippen LogP contribution in [0.15, 0.2) is 48.5 Å². The molecule has 2 aliphatic rings. The van der Waals surface area contributed by atoms with Crippen molar-refractivity contribution >= 4 is 23.3 Å². The molecule has 1 amide bonds. The van der Waals surface area contributed by atoms with Crippen LogP contribution in [-0.4, -0.2) is 45.9 Å². The molecule has 1 heterocycles.